The minimum Gasteiger partial charge on any atom is -0.545 e. The molecule has 0 aliphatic heterocycles. The number of nitrogens with zero attached hydrogens (tertiary/aromatic N) is 1. The molecular weight excluding hydrogens is 815 g/mol. The number of carbonyl (C=O) groups excluding carboxylic acids is 3. The van der Waals surface area contributed by atoms with Crippen LogP contribution in [0.25, 0.3) is 0 Å². The smallest absolute Gasteiger partial charge is 0.306 e. The number of carbonyl (C=O) groups is 3. The first-order valence-electron chi connectivity index (χ1n) is 26.4. The number of allylic oxidation sites excluding steroid dienone is 10. The topological polar surface area (TPSA) is 111 Å². The summed E-state index contributed by atoms with van der Waals surface area (Å²) >= 11 is 0. The van der Waals surface area contributed by atoms with E-state index in [1.165, 1.54) is 116 Å². The van der Waals surface area contributed by atoms with Crippen molar-refractivity contribution in [1.29, 1.82) is 0 Å². The molecule has 0 spiro atoms. The zero-order valence-electron chi connectivity index (χ0n) is 42.6. The van der Waals surface area contributed by atoms with Crippen molar-refractivity contribution in [3.05, 3.63) is 60.8 Å². The summed E-state index contributed by atoms with van der Waals surface area (Å²) in [5, 5.41) is 11.7. The molecule has 0 saturated carbocycles. The summed E-state index contributed by atoms with van der Waals surface area (Å²) in [7, 11) is 5.91. The Morgan fingerprint density at radius 3 is 1.32 bits per heavy atom. The molecule has 0 aromatic rings. The second kappa shape index (κ2) is 47.5. The lowest BCUT2D eigenvalue weighted by atomic mass is 10.1. The van der Waals surface area contributed by atoms with Crippen LogP contribution in [0.4, 0.5) is 0 Å². The number of quaternary nitrogens is 1. The molecule has 0 heterocycles. The van der Waals surface area contributed by atoms with Gasteiger partial charge in [-0.15, -0.1) is 0 Å². The van der Waals surface area contributed by atoms with Crippen LogP contribution < -0.4 is 5.11 Å². The predicted molar refractivity (Wildman–Crippen MR) is 269 cm³/mol. The molecule has 0 aliphatic rings. The first kappa shape index (κ1) is 62.0. The van der Waals surface area contributed by atoms with Crippen LogP contribution in [0, 0.1) is 0 Å². The molecule has 2 atom stereocenters. The lowest BCUT2D eigenvalue weighted by molar-refractivity contribution is -0.870. The summed E-state index contributed by atoms with van der Waals surface area (Å²) in [5.74, 6) is -2.30. The number of aliphatic carboxylic acids is 1. The number of unbranched alkanes of at least 4 members (excludes halogenated alkanes) is 23. The Morgan fingerprint density at radius 2 is 0.877 bits per heavy atom. The number of ether oxygens (including phenoxy) is 4. The van der Waals surface area contributed by atoms with Crippen LogP contribution in [0.1, 0.15) is 219 Å². The first-order chi connectivity index (χ1) is 31.6. The lowest BCUT2D eigenvalue weighted by Crippen LogP contribution is -2.44. The fourth-order valence-electron chi connectivity index (χ4n) is 7.17. The molecule has 376 valence electrons. The van der Waals surface area contributed by atoms with Gasteiger partial charge in [0.15, 0.2) is 12.4 Å². The van der Waals surface area contributed by atoms with Crippen molar-refractivity contribution < 1.29 is 42.9 Å². The number of hydrogen-bond acceptors (Lipinski definition) is 8. The molecule has 9 nitrogen and oxygen atoms in total. The third-order valence-corrected chi connectivity index (χ3v) is 11.2. The SMILES string of the molecule is CC/C=C\C/C=C\C/C=C\C/C=C\CCCCCCCCCCC(=O)OC(COC(=O)CCCCCCCCCCC/C=C\CCCCCCCC)COC(OCC[N+](C)(C)C)C(=O)[O-]. The van der Waals surface area contributed by atoms with Crippen molar-refractivity contribution in [3.63, 3.8) is 0 Å². The van der Waals surface area contributed by atoms with Gasteiger partial charge in [-0.3, -0.25) is 9.59 Å². The molecule has 0 aliphatic carbocycles. The van der Waals surface area contributed by atoms with E-state index in [1.807, 2.05) is 21.1 Å². The standard InChI is InChI=1S/C56H99NO8/c1-6-8-10-12-14-16-18-20-22-24-26-27-29-31-33-35-37-39-41-43-45-47-54(59)65-52(51-64-56(55(60)61)62-49-48-57(3,4)5)50-63-53(58)46-44-42-40-38-36-34-32-30-28-25-23-21-19-17-15-13-11-9-7-2/h8,10,14,16,20-23,26-27,52,56H,6-7,9,11-13,15,17-19,24-25,28-51H2,1-5H3/b10-8-,16-14-,22-20-,23-21-,27-26-. The number of hydrogen-bond donors (Lipinski definition) is 0. The number of rotatable bonds is 48. The van der Waals surface area contributed by atoms with Gasteiger partial charge in [-0.1, -0.05) is 190 Å². The maximum Gasteiger partial charge on any atom is 0.306 e. The highest BCUT2D eigenvalue weighted by Gasteiger charge is 2.22. The maximum absolute atomic E-state index is 12.8. The van der Waals surface area contributed by atoms with E-state index in [4.69, 9.17) is 18.9 Å². The fourth-order valence-corrected chi connectivity index (χ4v) is 7.17. The average molecular weight is 914 g/mol. The molecule has 0 rings (SSSR count). The van der Waals surface area contributed by atoms with Crippen LogP contribution in [-0.4, -0.2) is 82.3 Å². The van der Waals surface area contributed by atoms with Gasteiger partial charge in [-0.25, -0.2) is 0 Å². The molecule has 0 bridgehead atoms. The summed E-state index contributed by atoms with van der Waals surface area (Å²) in [5.41, 5.74) is 0. The summed E-state index contributed by atoms with van der Waals surface area (Å²) in [6.07, 6.45) is 55.3. The Kier molecular flexibility index (Phi) is 45.3. The van der Waals surface area contributed by atoms with E-state index in [9.17, 15) is 19.5 Å². The first-order valence-corrected chi connectivity index (χ1v) is 26.4. The van der Waals surface area contributed by atoms with Crippen LogP contribution in [-0.2, 0) is 33.3 Å². The Hall–Kier alpha value is -3.01. The zero-order chi connectivity index (χ0) is 47.7. The third-order valence-electron chi connectivity index (χ3n) is 11.2. The van der Waals surface area contributed by atoms with E-state index >= 15 is 0 Å². The number of likely N-dealkylation sites (N-methyl/N-ethyl adjacent to an activating group) is 1. The molecular formula is C56H99NO8. The molecule has 0 aromatic heterocycles. The van der Waals surface area contributed by atoms with Crippen molar-refractivity contribution in [3.8, 4) is 0 Å². The van der Waals surface area contributed by atoms with Crippen LogP contribution in [0.5, 0.6) is 0 Å². The second-order valence-corrected chi connectivity index (χ2v) is 18.8. The van der Waals surface area contributed by atoms with Gasteiger partial charge in [-0.2, -0.15) is 0 Å². The molecule has 2 unspecified atom stereocenters. The van der Waals surface area contributed by atoms with Crippen LogP contribution in [0.3, 0.4) is 0 Å². The predicted octanol–water partition coefficient (Wildman–Crippen LogP) is 13.6. The highest BCUT2D eigenvalue weighted by atomic mass is 16.7. The van der Waals surface area contributed by atoms with Gasteiger partial charge in [0.25, 0.3) is 0 Å². The Balaban J connectivity index is 4.34. The van der Waals surface area contributed by atoms with E-state index in [0.717, 1.165) is 70.6 Å². The Bertz CT molecular complexity index is 1250. The van der Waals surface area contributed by atoms with Gasteiger partial charge >= 0.3 is 11.9 Å². The number of carboxylic acids is 1. The Morgan fingerprint density at radius 1 is 0.477 bits per heavy atom. The summed E-state index contributed by atoms with van der Waals surface area (Å²) in [6.45, 7) is 4.63. The van der Waals surface area contributed by atoms with Gasteiger partial charge in [0.2, 0.25) is 0 Å². The van der Waals surface area contributed by atoms with Crippen LogP contribution >= 0.6 is 0 Å². The molecule has 0 amide bonds. The highest BCUT2D eigenvalue weighted by Crippen LogP contribution is 2.15. The second-order valence-electron chi connectivity index (χ2n) is 18.8. The Labute approximate surface area is 399 Å². The molecule has 9 heteroatoms. The van der Waals surface area contributed by atoms with Gasteiger partial charge in [0.1, 0.15) is 13.2 Å². The minimum absolute atomic E-state index is 0.144. The quantitative estimate of drug-likeness (QED) is 0.0195. The largest absolute Gasteiger partial charge is 0.545 e. The van der Waals surface area contributed by atoms with Gasteiger partial charge < -0.3 is 33.3 Å². The zero-order valence-corrected chi connectivity index (χ0v) is 42.6. The number of esters is 2. The summed E-state index contributed by atoms with van der Waals surface area (Å²) < 4.78 is 22.6. The van der Waals surface area contributed by atoms with E-state index in [2.05, 4.69) is 74.6 Å². The summed E-state index contributed by atoms with van der Waals surface area (Å²) in [4.78, 5) is 37.2. The average Bonchev–Trinajstić information content (AvgIpc) is 3.27. The van der Waals surface area contributed by atoms with Crippen molar-refractivity contribution in [1.82, 2.24) is 0 Å². The molecule has 65 heavy (non-hydrogen) atoms. The van der Waals surface area contributed by atoms with Gasteiger partial charge in [0, 0.05) is 12.8 Å². The fraction of sp³-hybridized carbons (Fsp3) is 0.768. The molecule has 0 radical (unpaired) electrons. The molecule has 0 N–H and O–H groups in total. The van der Waals surface area contributed by atoms with Crippen molar-refractivity contribution in [2.75, 3.05) is 47.5 Å². The summed E-state index contributed by atoms with van der Waals surface area (Å²) in [6, 6.07) is 0. The van der Waals surface area contributed by atoms with Crippen molar-refractivity contribution in [2.24, 2.45) is 0 Å². The third kappa shape index (κ3) is 48.7. The molecule has 0 saturated heterocycles. The lowest BCUT2D eigenvalue weighted by Gasteiger charge is -2.26. The van der Waals surface area contributed by atoms with E-state index in [0.29, 0.717) is 17.4 Å². The maximum atomic E-state index is 12.8. The van der Waals surface area contributed by atoms with Gasteiger partial charge in [-0.05, 0) is 77.0 Å². The van der Waals surface area contributed by atoms with Gasteiger partial charge in [0.05, 0.1) is 40.3 Å². The van der Waals surface area contributed by atoms with Crippen molar-refractivity contribution in [2.45, 2.75) is 232 Å². The van der Waals surface area contributed by atoms with E-state index < -0.39 is 24.3 Å². The monoisotopic (exact) mass is 914 g/mol. The van der Waals surface area contributed by atoms with Crippen LogP contribution in [0.15, 0.2) is 60.8 Å². The molecule has 0 aromatic carbocycles. The van der Waals surface area contributed by atoms with E-state index in [1.54, 1.807) is 0 Å². The van der Waals surface area contributed by atoms with E-state index in [-0.39, 0.29) is 38.6 Å². The normalized spacial score (nSPS) is 13.3. The number of carboxylic acid groups (broad SMARTS) is 1. The highest BCUT2D eigenvalue weighted by molar-refractivity contribution is 5.70. The van der Waals surface area contributed by atoms with Crippen LogP contribution in [0.2, 0.25) is 0 Å². The molecule has 0 fully saturated rings. The minimum atomic E-state index is -1.63. The van der Waals surface area contributed by atoms with Crippen molar-refractivity contribution >= 4 is 17.9 Å².